The van der Waals surface area contributed by atoms with Crippen LogP contribution in [0.2, 0.25) is 5.02 Å². The third-order valence-electron chi connectivity index (χ3n) is 6.17. The molecule has 1 heterocycles. The Morgan fingerprint density at radius 3 is 2.38 bits per heavy atom. The molecule has 1 aliphatic heterocycles. The molecule has 3 aromatic rings. The van der Waals surface area contributed by atoms with Gasteiger partial charge in [-0.3, -0.25) is 14.5 Å². The fourth-order valence-electron chi connectivity index (χ4n) is 4.58. The van der Waals surface area contributed by atoms with Crippen LogP contribution in [0.15, 0.2) is 60.2 Å². The number of aliphatic hydroxyl groups is 1. The van der Waals surface area contributed by atoms with E-state index in [9.17, 15) is 14.7 Å². The molecule has 0 aliphatic carbocycles. The number of hydrogen-bond acceptors (Lipinski definition) is 6. The van der Waals surface area contributed by atoms with Crippen molar-refractivity contribution in [1.82, 2.24) is 0 Å². The van der Waals surface area contributed by atoms with Crippen LogP contribution >= 0.6 is 11.6 Å². The van der Waals surface area contributed by atoms with Crippen LogP contribution < -0.4 is 19.1 Å². The normalized spacial score (nSPS) is 16.7. The third kappa shape index (κ3) is 4.74. The molecule has 0 radical (unpaired) electrons. The number of methoxy groups -OCH3 is 2. The summed E-state index contributed by atoms with van der Waals surface area (Å²) >= 11 is 6.38. The van der Waals surface area contributed by atoms with Gasteiger partial charge in [-0.2, -0.15) is 0 Å². The summed E-state index contributed by atoms with van der Waals surface area (Å²) in [6.45, 7) is 6.00. The Morgan fingerprint density at radius 2 is 1.73 bits per heavy atom. The molecule has 0 bridgehead atoms. The number of Topliss-reactive ketones (excluding diaryl/α,β-unsaturated/α-hetero) is 1. The third-order valence-corrected chi connectivity index (χ3v) is 6.46. The molecule has 1 aliphatic rings. The Balaban J connectivity index is 2.02. The van der Waals surface area contributed by atoms with Gasteiger partial charge in [0.2, 0.25) is 0 Å². The summed E-state index contributed by atoms with van der Waals surface area (Å²) < 4.78 is 16.6. The van der Waals surface area contributed by atoms with Gasteiger partial charge >= 0.3 is 0 Å². The first-order chi connectivity index (χ1) is 17.7. The van der Waals surface area contributed by atoms with Gasteiger partial charge in [-0.25, -0.2) is 0 Å². The summed E-state index contributed by atoms with van der Waals surface area (Å²) in [6, 6.07) is 14.9. The van der Waals surface area contributed by atoms with Crippen molar-refractivity contribution in [3.8, 4) is 17.2 Å². The van der Waals surface area contributed by atoms with Crippen molar-refractivity contribution in [3.05, 3.63) is 87.4 Å². The molecule has 0 spiro atoms. The number of aryl methyl sites for hydroxylation is 2. The monoisotopic (exact) mass is 521 g/mol. The molecule has 1 saturated heterocycles. The highest BCUT2D eigenvalue weighted by atomic mass is 35.5. The van der Waals surface area contributed by atoms with Gasteiger partial charge in [0, 0.05) is 5.69 Å². The number of amides is 1. The number of rotatable bonds is 7. The summed E-state index contributed by atoms with van der Waals surface area (Å²) in [7, 11) is 2.94. The Hall–Kier alpha value is -3.97. The largest absolute Gasteiger partial charge is 0.507 e. The zero-order valence-electron chi connectivity index (χ0n) is 21.3. The van der Waals surface area contributed by atoms with Crippen LogP contribution in [-0.2, 0) is 9.59 Å². The summed E-state index contributed by atoms with van der Waals surface area (Å²) in [4.78, 5) is 28.4. The fraction of sp³-hybridized carbons (Fsp3) is 0.241. The van der Waals surface area contributed by atoms with Crippen molar-refractivity contribution < 1.29 is 28.9 Å². The molecule has 0 saturated carbocycles. The van der Waals surface area contributed by atoms with Crippen molar-refractivity contribution in [2.75, 3.05) is 25.7 Å². The second kappa shape index (κ2) is 10.6. The molecular weight excluding hydrogens is 494 g/mol. The van der Waals surface area contributed by atoms with Crippen molar-refractivity contribution in [1.29, 1.82) is 0 Å². The number of hydrogen-bond donors (Lipinski definition) is 1. The number of ether oxygens (including phenoxy) is 3. The van der Waals surface area contributed by atoms with Crippen LogP contribution in [-0.4, -0.2) is 37.6 Å². The number of ketones is 1. The standard InChI is InChI=1S/C29H28ClNO6/c1-6-37-22-11-10-18(15-23(22)35-4)25-24(26(32)20-13-17(3)14-21(30)28(20)36-5)27(33)29(34)31(25)19-9-7-8-16(2)12-19/h7-15,25,32H,6H2,1-5H3/b26-24+. The summed E-state index contributed by atoms with van der Waals surface area (Å²) in [6.07, 6.45) is 0. The molecule has 4 rings (SSSR count). The van der Waals surface area contributed by atoms with E-state index in [4.69, 9.17) is 25.8 Å². The Morgan fingerprint density at radius 1 is 0.973 bits per heavy atom. The molecule has 1 fully saturated rings. The molecule has 1 N–H and O–H groups in total. The lowest BCUT2D eigenvalue weighted by molar-refractivity contribution is -0.132. The van der Waals surface area contributed by atoms with E-state index in [1.54, 1.807) is 36.4 Å². The van der Waals surface area contributed by atoms with E-state index in [0.29, 0.717) is 29.4 Å². The Kier molecular flexibility index (Phi) is 7.45. The average molecular weight is 522 g/mol. The highest BCUT2D eigenvalue weighted by Gasteiger charge is 2.47. The van der Waals surface area contributed by atoms with Crippen LogP contribution in [0.3, 0.4) is 0 Å². The molecule has 1 amide bonds. The van der Waals surface area contributed by atoms with Gasteiger partial charge in [-0.15, -0.1) is 0 Å². The molecule has 7 nitrogen and oxygen atoms in total. The van der Waals surface area contributed by atoms with Crippen LogP contribution in [0.1, 0.15) is 35.2 Å². The number of nitrogens with zero attached hydrogens (tertiary/aromatic N) is 1. The van der Waals surface area contributed by atoms with E-state index in [1.807, 2.05) is 39.0 Å². The minimum absolute atomic E-state index is 0.0855. The summed E-state index contributed by atoms with van der Waals surface area (Å²) in [5, 5.41) is 11.8. The quantitative estimate of drug-likeness (QED) is 0.233. The Bertz CT molecular complexity index is 1410. The zero-order chi connectivity index (χ0) is 26.9. The van der Waals surface area contributed by atoms with Crippen molar-refractivity contribution >= 4 is 34.7 Å². The van der Waals surface area contributed by atoms with Gasteiger partial charge in [0.15, 0.2) is 11.5 Å². The summed E-state index contributed by atoms with van der Waals surface area (Å²) in [5.74, 6) is -0.804. The van der Waals surface area contributed by atoms with Crippen molar-refractivity contribution in [2.24, 2.45) is 0 Å². The van der Waals surface area contributed by atoms with E-state index >= 15 is 0 Å². The van der Waals surface area contributed by atoms with Crippen molar-refractivity contribution in [2.45, 2.75) is 26.8 Å². The van der Waals surface area contributed by atoms with E-state index in [0.717, 1.165) is 11.1 Å². The molecule has 37 heavy (non-hydrogen) atoms. The SMILES string of the molecule is CCOc1ccc(C2/C(=C(\O)c3cc(C)cc(Cl)c3OC)C(=O)C(=O)N2c2cccc(C)c2)cc1OC. The lowest BCUT2D eigenvalue weighted by Gasteiger charge is -2.26. The van der Waals surface area contributed by atoms with Gasteiger partial charge in [0.05, 0.1) is 43.0 Å². The zero-order valence-corrected chi connectivity index (χ0v) is 22.1. The number of carbonyl (C=O) groups is 2. The lowest BCUT2D eigenvalue weighted by Crippen LogP contribution is -2.29. The maximum Gasteiger partial charge on any atom is 0.300 e. The Labute approximate surface area is 220 Å². The molecule has 1 atom stereocenters. The molecule has 8 heteroatoms. The minimum Gasteiger partial charge on any atom is -0.507 e. The number of halogens is 1. The number of carbonyl (C=O) groups excluding carboxylic acids is 2. The van der Waals surface area contributed by atoms with Gasteiger partial charge in [-0.1, -0.05) is 29.8 Å². The van der Waals surface area contributed by atoms with Crippen LogP contribution in [0, 0.1) is 13.8 Å². The molecule has 3 aromatic carbocycles. The lowest BCUT2D eigenvalue weighted by atomic mass is 9.94. The van der Waals surface area contributed by atoms with E-state index < -0.39 is 17.7 Å². The van der Waals surface area contributed by atoms with E-state index in [1.165, 1.54) is 19.1 Å². The molecule has 0 aromatic heterocycles. The van der Waals surface area contributed by atoms with Gasteiger partial charge in [0.25, 0.3) is 11.7 Å². The van der Waals surface area contributed by atoms with Crippen molar-refractivity contribution in [3.63, 3.8) is 0 Å². The van der Waals surface area contributed by atoms with Gasteiger partial charge < -0.3 is 19.3 Å². The number of benzene rings is 3. The number of anilines is 1. The first kappa shape index (κ1) is 26.1. The molecule has 192 valence electrons. The second-order valence-corrected chi connectivity index (χ2v) is 9.09. The molecular formula is C29H28ClNO6. The average Bonchev–Trinajstić information content (AvgIpc) is 3.13. The smallest absolute Gasteiger partial charge is 0.300 e. The highest BCUT2D eigenvalue weighted by Crippen LogP contribution is 2.46. The van der Waals surface area contributed by atoms with E-state index in [2.05, 4.69) is 0 Å². The van der Waals surface area contributed by atoms with Gasteiger partial charge in [-0.05, 0) is 73.9 Å². The van der Waals surface area contributed by atoms with Crippen LogP contribution in [0.25, 0.3) is 5.76 Å². The number of aliphatic hydroxyl groups excluding tert-OH is 1. The van der Waals surface area contributed by atoms with Crippen LogP contribution in [0.4, 0.5) is 5.69 Å². The highest BCUT2D eigenvalue weighted by molar-refractivity contribution is 6.51. The first-order valence-electron chi connectivity index (χ1n) is 11.7. The summed E-state index contributed by atoms with van der Waals surface area (Å²) in [5.41, 5.74) is 2.87. The predicted molar refractivity (Wildman–Crippen MR) is 143 cm³/mol. The van der Waals surface area contributed by atoms with Crippen LogP contribution in [0.5, 0.6) is 17.2 Å². The van der Waals surface area contributed by atoms with E-state index in [-0.39, 0.29) is 27.7 Å². The minimum atomic E-state index is -0.949. The maximum absolute atomic E-state index is 13.5. The predicted octanol–water partition coefficient (Wildman–Crippen LogP) is 6.00. The topological polar surface area (TPSA) is 85.3 Å². The second-order valence-electron chi connectivity index (χ2n) is 8.68. The fourth-order valence-corrected chi connectivity index (χ4v) is 4.93. The van der Waals surface area contributed by atoms with Gasteiger partial charge in [0.1, 0.15) is 11.5 Å². The maximum atomic E-state index is 13.5. The first-order valence-corrected chi connectivity index (χ1v) is 12.1. The molecule has 1 unspecified atom stereocenters.